The molecule has 1 aromatic carbocycles. The van der Waals surface area contributed by atoms with E-state index in [4.69, 9.17) is 16.7 Å². The summed E-state index contributed by atoms with van der Waals surface area (Å²) in [6.07, 6.45) is 2.18. The van der Waals surface area contributed by atoms with Crippen molar-refractivity contribution in [3.8, 4) is 11.8 Å². The van der Waals surface area contributed by atoms with Crippen molar-refractivity contribution in [1.82, 2.24) is 4.57 Å². The molecule has 0 aliphatic rings. The first-order valence-corrected chi connectivity index (χ1v) is 6.81. The number of anilines is 1. The van der Waals surface area contributed by atoms with Gasteiger partial charge >= 0.3 is 0 Å². The van der Waals surface area contributed by atoms with E-state index in [2.05, 4.69) is 17.2 Å². The number of carbonyl (C=O) groups is 1. The summed E-state index contributed by atoms with van der Waals surface area (Å²) < 4.78 is 1.73. The van der Waals surface area contributed by atoms with Crippen LogP contribution in [0.2, 0.25) is 5.02 Å². The molecule has 0 aliphatic heterocycles. The van der Waals surface area contributed by atoms with Crippen molar-refractivity contribution in [2.24, 2.45) is 7.05 Å². The Kier molecular flexibility index (Phi) is 5.04. The summed E-state index contributed by atoms with van der Waals surface area (Å²) in [6, 6.07) is 8.65. The average Bonchev–Trinajstić information content (AvgIpc) is 2.88. The molecule has 0 radical (unpaired) electrons. The van der Waals surface area contributed by atoms with Gasteiger partial charge in [-0.2, -0.15) is 0 Å². The number of halogens is 1. The van der Waals surface area contributed by atoms with Crippen molar-refractivity contribution < 1.29 is 9.90 Å². The largest absolute Gasteiger partial charge is 0.395 e. The number of hydrogen-bond donors (Lipinski definition) is 2. The highest BCUT2D eigenvalue weighted by atomic mass is 35.5. The molecule has 0 spiro atoms. The van der Waals surface area contributed by atoms with Gasteiger partial charge in [0.25, 0.3) is 5.91 Å². The molecular formula is C16H15ClN2O2. The second kappa shape index (κ2) is 6.98. The molecule has 0 saturated heterocycles. The highest BCUT2D eigenvalue weighted by molar-refractivity contribution is 6.31. The summed E-state index contributed by atoms with van der Waals surface area (Å²) in [7, 11) is 1.80. The summed E-state index contributed by atoms with van der Waals surface area (Å²) in [5, 5.41) is 12.1. The number of hydrogen-bond acceptors (Lipinski definition) is 2. The molecule has 0 fully saturated rings. The molecule has 2 N–H and O–H groups in total. The normalized spacial score (nSPS) is 9.86. The van der Waals surface area contributed by atoms with E-state index < -0.39 is 0 Å². The van der Waals surface area contributed by atoms with Crippen molar-refractivity contribution in [3.63, 3.8) is 0 Å². The maximum atomic E-state index is 12.2. The van der Waals surface area contributed by atoms with Crippen molar-refractivity contribution >= 4 is 23.2 Å². The van der Waals surface area contributed by atoms with Crippen molar-refractivity contribution in [2.45, 2.75) is 6.42 Å². The van der Waals surface area contributed by atoms with Gasteiger partial charge < -0.3 is 15.0 Å². The number of benzene rings is 1. The molecule has 0 bridgehead atoms. The van der Waals surface area contributed by atoms with Gasteiger partial charge in [0.2, 0.25) is 0 Å². The molecule has 2 aromatic rings. The fourth-order valence-corrected chi connectivity index (χ4v) is 2.00. The smallest absolute Gasteiger partial charge is 0.272 e. The van der Waals surface area contributed by atoms with E-state index in [1.165, 1.54) is 0 Å². The van der Waals surface area contributed by atoms with Crippen LogP contribution in [0.4, 0.5) is 5.69 Å². The highest BCUT2D eigenvalue weighted by Gasteiger charge is 2.11. The number of aromatic nitrogens is 1. The predicted molar refractivity (Wildman–Crippen MR) is 83.4 cm³/mol. The fourth-order valence-electron chi connectivity index (χ4n) is 1.83. The topological polar surface area (TPSA) is 54.3 Å². The SMILES string of the molecule is Cn1cccc1C(=O)Nc1cc(Cl)ccc1C#CCCO. The molecule has 0 saturated carbocycles. The first-order valence-electron chi connectivity index (χ1n) is 6.44. The van der Waals surface area contributed by atoms with Gasteiger partial charge in [-0.05, 0) is 30.3 Å². The molecule has 108 valence electrons. The van der Waals surface area contributed by atoms with Crippen LogP contribution in [0.5, 0.6) is 0 Å². The van der Waals surface area contributed by atoms with Crippen molar-refractivity contribution in [1.29, 1.82) is 0 Å². The van der Waals surface area contributed by atoms with Crippen LogP contribution in [0, 0.1) is 11.8 Å². The van der Waals surface area contributed by atoms with E-state index in [1.54, 1.807) is 48.1 Å². The lowest BCUT2D eigenvalue weighted by Crippen LogP contribution is -2.16. The zero-order chi connectivity index (χ0) is 15.2. The number of nitrogens with zero attached hydrogens (tertiary/aromatic N) is 1. The molecule has 1 amide bonds. The van der Waals surface area contributed by atoms with Crippen LogP contribution in [0.25, 0.3) is 0 Å². The maximum Gasteiger partial charge on any atom is 0.272 e. The Morgan fingerprint density at radius 2 is 2.24 bits per heavy atom. The first kappa shape index (κ1) is 15.2. The second-order valence-electron chi connectivity index (χ2n) is 4.42. The molecule has 21 heavy (non-hydrogen) atoms. The Morgan fingerprint density at radius 1 is 1.43 bits per heavy atom. The van der Waals surface area contributed by atoms with Gasteiger partial charge in [-0.3, -0.25) is 4.79 Å². The molecule has 4 nitrogen and oxygen atoms in total. The lowest BCUT2D eigenvalue weighted by atomic mass is 10.1. The van der Waals surface area contributed by atoms with Crippen LogP contribution in [-0.2, 0) is 7.05 Å². The van der Waals surface area contributed by atoms with Gasteiger partial charge in [-0.25, -0.2) is 0 Å². The summed E-state index contributed by atoms with van der Waals surface area (Å²) in [5.74, 6) is 5.52. The van der Waals surface area contributed by atoms with Gasteiger partial charge in [0.1, 0.15) is 5.69 Å². The fraction of sp³-hybridized carbons (Fsp3) is 0.188. The van der Waals surface area contributed by atoms with Crippen molar-refractivity contribution in [2.75, 3.05) is 11.9 Å². The average molecular weight is 303 g/mol. The Morgan fingerprint density at radius 3 is 2.90 bits per heavy atom. The summed E-state index contributed by atoms with van der Waals surface area (Å²) >= 11 is 5.97. The van der Waals surface area contributed by atoms with Gasteiger partial charge in [0.15, 0.2) is 0 Å². The monoisotopic (exact) mass is 302 g/mol. The lowest BCUT2D eigenvalue weighted by molar-refractivity contribution is 0.101. The summed E-state index contributed by atoms with van der Waals surface area (Å²) in [5.41, 5.74) is 1.76. The van der Waals surface area contributed by atoms with Crippen LogP contribution >= 0.6 is 11.6 Å². The molecule has 1 aromatic heterocycles. The van der Waals surface area contributed by atoms with Crippen LogP contribution in [-0.4, -0.2) is 22.2 Å². The minimum absolute atomic E-state index is 0.00559. The Balaban J connectivity index is 2.27. The van der Waals surface area contributed by atoms with E-state index in [0.717, 1.165) is 0 Å². The van der Waals surface area contributed by atoms with E-state index in [0.29, 0.717) is 28.4 Å². The first-order chi connectivity index (χ1) is 10.1. The number of aryl methyl sites for hydroxylation is 1. The summed E-state index contributed by atoms with van der Waals surface area (Å²) in [6.45, 7) is 0.00559. The molecule has 0 unspecified atom stereocenters. The number of nitrogens with one attached hydrogen (secondary N) is 1. The Hall–Kier alpha value is -2.22. The molecule has 0 aliphatic carbocycles. The van der Waals surface area contributed by atoms with E-state index in [-0.39, 0.29) is 12.5 Å². The van der Waals surface area contributed by atoms with Crippen molar-refractivity contribution in [3.05, 3.63) is 52.8 Å². The van der Waals surface area contributed by atoms with Crippen LogP contribution in [0.15, 0.2) is 36.5 Å². The molecule has 2 rings (SSSR count). The third-order valence-corrected chi connectivity index (χ3v) is 3.10. The predicted octanol–water partition coefficient (Wildman–Crippen LogP) is 2.66. The molecule has 0 atom stereocenters. The number of carbonyl (C=O) groups excluding carboxylic acids is 1. The number of aliphatic hydroxyl groups excluding tert-OH is 1. The minimum atomic E-state index is -0.227. The quantitative estimate of drug-likeness (QED) is 0.857. The summed E-state index contributed by atoms with van der Waals surface area (Å²) in [4.78, 5) is 12.2. The van der Waals surface area contributed by atoms with Gasteiger partial charge in [0, 0.05) is 30.3 Å². The maximum absolute atomic E-state index is 12.2. The third-order valence-electron chi connectivity index (χ3n) is 2.87. The van der Waals surface area contributed by atoms with E-state index in [1.807, 2.05) is 0 Å². The van der Waals surface area contributed by atoms with E-state index >= 15 is 0 Å². The second-order valence-corrected chi connectivity index (χ2v) is 4.86. The molecule has 1 heterocycles. The van der Waals surface area contributed by atoms with Crippen LogP contribution in [0.1, 0.15) is 22.5 Å². The Bertz CT molecular complexity index is 711. The third kappa shape index (κ3) is 3.88. The zero-order valence-electron chi connectivity index (χ0n) is 11.6. The zero-order valence-corrected chi connectivity index (χ0v) is 12.3. The Labute approximate surface area is 128 Å². The molecule has 5 heteroatoms. The van der Waals surface area contributed by atoms with Gasteiger partial charge in [-0.1, -0.05) is 23.4 Å². The van der Waals surface area contributed by atoms with Crippen LogP contribution < -0.4 is 5.32 Å². The lowest BCUT2D eigenvalue weighted by Gasteiger charge is -2.09. The minimum Gasteiger partial charge on any atom is -0.395 e. The van der Waals surface area contributed by atoms with Gasteiger partial charge in [-0.15, -0.1) is 0 Å². The van der Waals surface area contributed by atoms with Crippen LogP contribution in [0.3, 0.4) is 0 Å². The van der Waals surface area contributed by atoms with Gasteiger partial charge in [0.05, 0.1) is 12.3 Å². The van der Waals surface area contributed by atoms with E-state index in [9.17, 15) is 4.79 Å². The standard InChI is InChI=1S/C16H15ClN2O2/c1-19-9-4-6-15(19)16(21)18-14-11-13(17)8-7-12(14)5-2-3-10-20/h4,6-9,11,20H,3,10H2,1H3,(H,18,21). The number of amides is 1. The number of rotatable bonds is 3. The number of aliphatic hydroxyl groups is 1. The molecular weight excluding hydrogens is 288 g/mol. The highest BCUT2D eigenvalue weighted by Crippen LogP contribution is 2.21.